The lowest BCUT2D eigenvalue weighted by atomic mass is 10.1. The van der Waals surface area contributed by atoms with Gasteiger partial charge in [-0.2, -0.15) is 0 Å². The van der Waals surface area contributed by atoms with E-state index in [9.17, 15) is 9.59 Å². The second-order valence-corrected chi connectivity index (χ2v) is 6.52. The van der Waals surface area contributed by atoms with Crippen molar-refractivity contribution < 1.29 is 4.42 Å². The Morgan fingerprint density at radius 1 is 1.04 bits per heavy atom. The van der Waals surface area contributed by atoms with Gasteiger partial charge < -0.3 is 8.98 Å². The number of hydrogen-bond donors (Lipinski definition) is 0. The van der Waals surface area contributed by atoms with Crippen LogP contribution in [0, 0.1) is 6.92 Å². The van der Waals surface area contributed by atoms with Crippen molar-refractivity contribution in [3.63, 3.8) is 0 Å². The van der Waals surface area contributed by atoms with Gasteiger partial charge in [0.1, 0.15) is 6.04 Å². The standard InChI is InChI=1S/C18H18N6O3/c1-10-5-7-12(8-6-10)16-21-20-15(27-16)11(2)24-9-19-14-13(24)17(25)23(4)18(26)22(14)3/h5-9,11H,1-4H3. The number of hydrogen-bond acceptors (Lipinski definition) is 6. The summed E-state index contributed by atoms with van der Waals surface area (Å²) < 4.78 is 9.86. The van der Waals surface area contributed by atoms with E-state index in [2.05, 4.69) is 15.2 Å². The number of imidazole rings is 1. The van der Waals surface area contributed by atoms with Gasteiger partial charge in [-0.3, -0.25) is 13.9 Å². The van der Waals surface area contributed by atoms with Crippen LogP contribution in [0.2, 0.25) is 0 Å². The molecule has 0 amide bonds. The van der Waals surface area contributed by atoms with Crippen molar-refractivity contribution in [1.29, 1.82) is 0 Å². The Morgan fingerprint density at radius 2 is 1.74 bits per heavy atom. The summed E-state index contributed by atoms with van der Waals surface area (Å²) in [5.41, 5.74) is 1.73. The lowest BCUT2D eigenvalue weighted by Crippen LogP contribution is -2.37. The highest BCUT2D eigenvalue weighted by atomic mass is 16.4. The van der Waals surface area contributed by atoms with Crippen molar-refractivity contribution in [2.24, 2.45) is 14.1 Å². The van der Waals surface area contributed by atoms with E-state index in [4.69, 9.17) is 4.42 Å². The molecule has 0 aliphatic heterocycles. The van der Waals surface area contributed by atoms with Crippen molar-refractivity contribution in [2.45, 2.75) is 19.9 Å². The number of rotatable bonds is 3. The number of aromatic nitrogens is 6. The zero-order valence-corrected chi connectivity index (χ0v) is 15.4. The third kappa shape index (κ3) is 2.59. The van der Waals surface area contributed by atoms with Crippen LogP contribution >= 0.6 is 0 Å². The molecule has 3 heterocycles. The summed E-state index contributed by atoms with van der Waals surface area (Å²) >= 11 is 0. The Bertz CT molecular complexity index is 1260. The summed E-state index contributed by atoms with van der Waals surface area (Å²) in [6, 6.07) is 7.34. The van der Waals surface area contributed by atoms with E-state index >= 15 is 0 Å². The van der Waals surface area contributed by atoms with Crippen LogP contribution in [-0.4, -0.2) is 28.9 Å². The van der Waals surface area contributed by atoms with Crippen molar-refractivity contribution in [2.75, 3.05) is 0 Å². The molecule has 0 spiro atoms. The van der Waals surface area contributed by atoms with Gasteiger partial charge in [0, 0.05) is 19.7 Å². The lowest BCUT2D eigenvalue weighted by molar-refractivity contribution is 0.442. The maximum Gasteiger partial charge on any atom is 0.332 e. The average Bonchev–Trinajstić information content (AvgIpc) is 3.32. The van der Waals surface area contributed by atoms with Crippen molar-refractivity contribution in [1.82, 2.24) is 28.9 Å². The minimum atomic E-state index is -0.426. The molecule has 27 heavy (non-hydrogen) atoms. The van der Waals surface area contributed by atoms with E-state index in [-0.39, 0.29) is 0 Å². The zero-order valence-electron chi connectivity index (χ0n) is 15.4. The van der Waals surface area contributed by atoms with Crippen LogP contribution in [0.1, 0.15) is 24.4 Å². The summed E-state index contributed by atoms with van der Waals surface area (Å²) in [7, 11) is 3.02. The maximum atomic E-state index is 12.6. The first kappa shape index (κ1) is 17.0. The van der Waals surface area contributed by atoms with Gasteiger partial charge in [0.05, 0.1) is 6.33 Å². The van der Waals surface area contributed by atoms with E-state index in [1.54, 1.807) is 11.6 Å². The van der Waals surface area contributed by atoms with E-state index < -0.39 is 17.3 Å². The van der Waals surface area contributed by atoms with Crippen LogP contribution in [0.4, 0.5) is 0 Å². The van der Waals surface area contributed by atoms with Crippen molar-refractivity contribution in [3.8, 4) is 11.5 Å². The van der Waals surface area contributed by atoms with Crippen LogP contribution in [0.15, 0.2) is 44.6 Å². The molecule has 4 aromatic rings. The van der Waals surface area contributed by atoms with Gasteiger partial charge >= 0.3 is 5.69 Å². The molecule has 0 fully saturated rings. The Balaban J connectivity index is 1.80. The highest BCUT2D eigenvalue weighted by Crippen LogP contribution is 2.24. The van der Waals surface area contributed by atoms with E-state index in [1.807, 2.05) is 38.1 Å². The molecule has 3 aromatic heterocycles. The van der Waals surface area contributed by atoms with Crippen LogP contribution in [0.3, 0.4) is 0 Å². The fourth-order valence-electron chi connectivity index (χ4n) is 2.99. The third-order valence-corrected chi connectivity index (χ3v) is 4.69. The molecule has 0 N–H and O–H groups in total. The first-order valence-electron chi connectivity index (χ1n) is 8.41. The van der Waals surface area contributed by atoms with Crippen LogP contribution < -0.4 is 11.2 Å². The first-order chi connectivity index (χ1) is 12.9. The third-order valence-electron chi connectivity index (χ3n) is 4.69. The van der Waals surface area contributed by atoms with Gasteiger partial charge in [-0.1, -0.05) is 17.7 Å². The molecule has 1 unspecified atom stereocenters. The minimum Gasteiger partial charge on any atom is -0.418 e. The molecule has 0 saturated heterocycles. The van der Waals surface area contributed by atoms with E-state index in [1.165, 1.54) is 17.9 Å². The van der Waals surface area contributed by atoms with E-state index in [0.717, 1.165) is 15.7 Å². The predicted octanol–water partition coefficient (Wildman–Crippen LogP) is 1.40. The molecule has 0 bridgehead atoms. The average molecular weight is 366 g/mol. The van der Waals surface area contributed by atoms with Gasteiger partial charge in [-0.25, -0.2) is 9.78 Å². The monoisotopic (exact) mass is 366 g/mol. The van der Waals surface area contributed by atoms with Gasteiger partial charge in [0.2, 0.25) is 11.8 Å². The van der Waals surface area contributed by atoms with Crippen molar-refractivity contribution >= 4 is 11.2 Å². The van der Waals surface area contributed by atoms with Gasteiger partial charge in [0.25, 0.3) is 5.56 Å². The molecule has 9 heteroatoms. The summed E-state index contributed by atoms with van der Waals surface area (Å²) in [6.07, 6.45) is 1.51. The van der Waals surface area contributed by atoms with Crippen LogP contribution in [0.25, 0.3) is 22.6 Å². The normalized spacial score (nSPS) is 12.6. The Morgan fingerprint density at radius 3 is 2.44 bits per heavy atom. The molecule has 9 nitrogen and oxygen atoms in total. The van der Waals surface area contributed by atoms with E-state index in [0.29, 0.717) is 22.9 Å². The largest absolute Gasteiger partial charge is 0.418 e. The van der Waals surface area contributed by atoms with Gasteiger partial charge in [0.15, 0.2) is 11.2 Å². The highest BCUT2D eigenvalue weighted by Gasteiger charge is 2.22. The van der Waals surface area contributed by atoms with Gasteiger partial charge in [-0.15, -0.1) is 10.2 Å². The Kier molecular flexibility index (Phi) is 3.79. The predicted molar refractivity (Wildman–Crippen MR) is 98.5 cm³/mol. The van der Waals surface area contributed by atoms with Crippen molar-refractivity contribution in [3.05, 3.63) is 62.9 Å². The molecule has 0 aliphatic rings. The van der Waals surface area contributed by atoms with Gasteiger partial charge in [-0.05, 0) is 26.0 Å². The molecule has 0 radical (unpaired) electrons. The molecular weight excluding hydrogens is 348 g/mol. The molecular formula is C18H18N6O3. The van der Waals surface area contributed by atoms with Crippen LogP contribution in [-0.2, 0) is 14.1 Å². The first-order valence-corrected chi connectivity index (χ1v) is 8.41. The summed E-state index contributed by atoms with van der Waals surface area (Å²) in [5, 5.41) is 8.24. The second kappa shape index (κ2) is 6.04. The molecule has 0 saturated carbocycles. The smallest absolute Gasteiger partial charge is 0.332 e. The molecule has 0 aliphatic carbocycles. The molecule has 4 rings (SSSR count). The summed E-state index contributed by atoms with van der Waals surface area (Å²) in [4.78, 5) is 28.9. The second-order valence-electron chi connectivity index (χ2n) is 6.52. The maximum absolute atomic E-state index is 12.6. The molecule has 1 atom stereocenters. The lowest BCUT2D eigenvalue weighted by Gasteiger charge is -2.10. The number of fused-ring (bicyclic) bond motifs is 1. The minimum absolute atomic E-state index is 0.308. The topological polar surface area (TPSA) is 101 Å². The number of benzene rings is 1. The summed E-state index contributed by atoms with van der Waals surface area (Å²) in [6.45, 7) is 3.83. The Hall–Kier alpha value is -3.49. The quantitative estimate of drug-likeness (QED) is 0.543. The Labute approximate surface area is 153 Å². The molecule has 138 valence electrons. The molecule has 1 aromatic carbocycles. The highest BCUT2D eigenvalue weighted by molar-refractivity contribution is 5.70. The zero-order chi connectivity index (χ0) is 19.3. The fraction of sp³-hybridized carbons (Fsp3) is 0.278. The number of aryl methyl sites for hydroxylation is 2. The fourth-order valence-corrected chi connectivity index (χ4v) is 2.99. The van der Waals surface area contributed by atoms with Crippen LogP contribution in [0.5, 0.6) is 0 Å². The summed E-state index contributed by atoms with van der Waals surface area (Å²) in [5.74, 6) is 0.752. The number of nitrogens with zero attached hydrogens (tertiary/aromatic N) is 6. The SMILES string of the molecule is Cc1ccc(-c2nnc(C(C)n3cnc4c3c(=O)n(C)c(=O)n4C)o2)cc1.